The number of hydrogen-bond donors (Lipinski definition) is 3. The molecular weight excluding hydrogens is 488 g/mol. The summed E-state index contributed by atoms with van der Waals surface area (Å²) >= 11 is 0. The average Bonchev–Trinajstić information content (AvgIpc) is 2.94. The van der Waals surface area contributed by atoms with E-state index >= 15 is 0 Å². The molecule has 0 aliphatic rings. The van der Waals surface area contributed by atoms with E-state index in [1.165, 1.54) is 14.0 Å². The zero-order valence-electron chi connectivity index (χ0n) is 21.3. The zero-order valence-corrected chi connectivity index (χ0v) is 21.3. The first kappa shape index (κ1) is 28.2. The molecule has 0 aliphatic carbocycles. The molecule has 200 valence electrons. The lowest BCUT2D eigenvalue weighted by molar-refractivity contribution is -0.145. The van der Waals surface area contributed by atoms with Crippen LogP contribution in [0.1, 0.15) is 23.6 Å². The van der Waals surface area contributed by atoms with E-state index in [2.05, 4.69) is 10.6 Å². The van der Waals surface area contributed by atoms with Gasteiger partial charge in [-0.3, -0.25) is 4.79 Å². The third kappa shape index (κ3) is 8.94. The molecule has 3 atom stereocenters. The number of esters is 1. The summed E-state index contributed by atoms with van der Waals surface area (Å²) in [6, 6.07) is 23.5. The highest BCUT2D eigenvalue weighted by atomic mass is 16.5. The second kappa shape index (κ2) is 14.4. The Labute approximate surface area is 221 Å². The van der Waals surface area contributed by atoms with Crippen molar-refractivity contribution in [3.05, 3.63) is 102 Å². The van der Waals surface area contributed by atoms with Gasteiger partial charge in [0.2, 0.25) is 5.91 Å². The number of methoxy groups -OCH3 is 1. The summed E-state index contributed by atoms with van der Waals surface area (Å²) in [5, 5.41) is 15.0. The van der Waals surface area contributed by atoms with Crippen molar-refractivity contribution in [1.82, 2.24) is 10.6 Å². The predicted octanol–water partition coefficient (Wildman–Crippen LogP) is 3.14. The molecule has 0 saturated carbocycles. The van der Waals surface area contributed by atoms with Gasteiger partial charge in [-0.15, -0.1) is 0 Å². The van der Waals surface area contributed by atoms with Gasteiger partial charge in [0.15, 0.2) is 0 Å². The fourth-order valence-corrected chi connectivity index (χ4v) is 3.59. The number of hydrogen-bond acceptors (Lipinski definition) is 7. The van der Waals surface area contributed by atoms with E-state index in [0.717, 1.165) is 16.7 Å². The van der Waals surface area contributed by atoms with Gasteiger partial charge in [-0.05, 0) is 35.7 Å². The lowest BCUT2D eigenvalue weighted by Gasteiger charge is -2.24. The average molecular weight is 521 g/mol. The fourth-order valence-electron chi connectivity index (χ4n) is 3.59. The van der Waals surface area contributed by atoms with Crippen LogP contribution in [0.3, 0.4) is 0 Å². The number of amides is 2. The minimum absolute atomic E-state index is 0.00331. The second-order valence-corrected chi connectivity index (χ2v) is 8.63. The van der Waals surface area contributed by atoms with Crippen molar-refractivity contribution in [2.24, 2.45) is 0 Å². The molecule has 9 heteroatoms. The number of carbonyl (C=O) groups is 3. The molecule has 0 aromatic heterocycles. The molecule has 38 heavy (non-hydrogen) atoms. The van der Waals surface area contributed by atoms with E-state index in [1.54, 1.807) is 48.5 Å². The molecule has 3 N–H and O–H groups in total. The first-order valence-electron chi connectivity index (χ1n) is 12.1. The second-order valence-electron chi connectivity index (χ2n) is 8.63. The number of carbonyl (C=O) groups excluding carboxylic acids is 3. The molecule has 0 heterocycles. The van der Waals surface area contributed by atoms with Crippen molar-refractivity contribution in [2.45, 2.75) is 44.7 Å². The molecule has 3 rings (SSSR count). The van der Waals surface area contributed by atoms with Crippen LogP contribution in [-0.2, 0) is 38.7 Å². The third-order valence-corrected chi connectivity index (χ3v) is 5.66. The van der Waals surface area contributed by atoms with Gasteiger partial charge in [0.1, 0.15) is 31.0 Å². The van der Waals surface area contributed by atoms with Gasteiger partial charge in [-0.1, -0.05) is 72.8 Å². The highest BCUT2D eigenvalue weighted by Gasteiger charge is 2.30. The summed E-state index contributed by atoms with van der Waals surface area (Å²) in [6.45, 7) is 1.77. The quantitative estimate of drug-likeness (QED) is 0.314. The smallest absolute Gasteiger partial charge is 0.408 e. The maximum atomic E-state index is 12.9. The minimum Gasteiger partial charge on any atom is -0.489 e. The van der Waals surface area contributed by atoms with E-state index < -0.39 is 36.2 Å². The summed E-state index contributed by atoms with van der Waals surface area (Å²) in [5.74, 6) is -0.766. The Morgan fingerprint density at radius 2 is 1.37 bits per heavy atom. The van der Waals surface area contributed by atoms with Crippen molar-refractivity contribution in [1.29, 1.82) is 0 Å². The number of ether oxygens (including phenoxy) is 3. The van der Waals surface area contributed by atoms with Gasteiger partial charge in [-0.25, -0.2) is 9.59 Å². The van der Waals surface area contributed by atoms with Crippen LogP contribution in [0.4, 0.5) is 4.79 Å². The Kier molecular flexibility index (Phi) is 10.7. The van der Waals surface area contributed by atoms with Gasteiger partial charge in [-0.2, -0.15) is 0 Å². The van der Waals surface area contributed by atoms with Crippen molar-refractivity contribution >= 4 is 18.0 Å². The van der Waals surface area contributed by atoms with Gasteiger partial charge < -0.3 is 30.0 Å². The Balaban J connectivity index is 1.57. The van der Waals surface area contributed by atoms with Crippen LogP contribution in [0, 0.1) is 0 Å². The molecule has 0 spiro atoms. The third-order valence-electron chi connectivity index (χ3n) is 5.66. The SMILES string of the molecule is COC(=O)[C@@H](Cc1ccc(OCc2ccccc2)cc1)NC(=O)[C@@H](NC(=O)OCc1ccccc1)[C@@H](C)O. The molecule has 0 saturated heterocycles. The van der Waals surface area contributed by atoms with Crippen LogP contribution < -0.4 is 15.4 Å². The number of benzene rings is 3. The molecule has 9 nitrogen and oxygen atoms in total. The van der Waals surface area contributed by atoms with Gasteiger partial charge in [0.05, 0.1) is 13.2 Å². The number of rotatable bonds is 12. The molecule has 2 amide bonds. The van der Waals surface area contributed by atoms with Crippen LogP contribution in [0.5, 0.6) is 5.75 Å². The Morgan fingerprint density at radius 3 is 1.92 bits per heavy atom. The maximum Gasteiger partial charge on any atom is 0.408 e. The number of aliphatic hydroxyl groups excluding tert-OH is 1. The largest absolute Gasteiger partial charge is 0.489 e. The van der Waals surface area contributed by atoms with Crippen molar-refractivity contribution in [2.75, 3.05) is 7.11 Å². The number of nitrogens with one attached hydrogen (secondary N) is 2. The van der Waals surface area contributed by atoms with Gasteiger partial charge >= 0.3 is 12.1 Å². The lowest BCUT2D eigenvalue weighted by Crippen LogP contribution is -2.56. The predicted molar refractivity (Wildman–Crippen MR) is 140 cm³/mol. The summed E-state index contributed by atoms with van der Waals surface area (Å²) in [5.41, 5.74) is 2.55. The van der Waals surface area contributed by atoms with E-state index in [1.807, 2.05) is 36.4 Å². The van der Waals surface area contributed by atoms with Gasteiger partial charge in [0, 0.05) is 6.42 Å². The van der Waals surface area contributed by atoms with Crippen LogP contribution in [-0.4, -0.2) is 48.4 Å². The molecule has 0 aliphatic heterocycles. The summed E-state index contributed by atoms with van der Waals surface area (Å²) in [4.78, 5) is 37.6. The van der Waals surface area contributed by atoms with Crippen LogP contribution in [0.15, 0.2) is 84.9 Å². The van der Waals surface area contributed by atoms with Crippen molar-refractivity contribution < 1.29 is 33.7 Å². The lowest BCUT2D eigenvalue weighted by atomic mass is 10.0. The first-order valence-corrected chi connectivity index (χ1v) is 12.1. The summed E-state index contributed by atoms with van der Waals surface area (Å²) in [7, 11) is 1.22. The molecule has 3 aromatic rings. The fraction of sp³-hybridized carbons (Fsp3) is 0.276. The standard InChI is InChI=1S/C29H32N2O7/c1-20(32)26(31-29(35)38-19-23-11-7-4-8-12-23)27(33)30-25(28(34)36-2)17-21-13-15-24(16-14-21)37-18-22-9-5-3-6-10-22/h3-16,20,25-26,32H,17-19H2,1-2H3,(H,30,33)(H,31,35)/t20-,25-,26+/m1/s1. The summed E-state index contributed by atoms with van der Waals surface area (Å²) < 4.78 is 15.8. The van der Waals surface area contributed by atoms with E-state index in [4.69, 9.17) is 14.2 Å². The maximum absolute atomic E-state index is 12.9. The van der Waals surface area contributed by atoms with Crippen LogP contribution in [0.2, 0.25) is 0 Å². The molecule has 0 bridgehead atoms. The van der Waals surface area contributed by atoms with Crippen molar-refractivity contribution in [3.8, 4) is 5.75 Å². The number of alkyl carbamates (subject to hydrolysis) is 1. The Bertz CT molecular complexity index is 1170. The molecule has 0 fully saturated rings. The minimum atomic E-state index is -1.35. The van der Waals surface area contributed by atoms with Crippen LogP contribution in [0.25, 0.3) is 0 Å². The molecule has 3 aromatic carbocycles. The Hall–Kier alpha value is -4.37. The molecule has 0 unspecified atom stereocenters. The topological polar surface area (TPSA) is 123 Å². The Morgan fingerprint density at radius 1 is 0.789 bits per heavy atom. The highest BCUT2D eigenvalue weighted by Crippen LogP contribution is 2.16. The van der Waals surface area contributed by atoms with E-state index in [9.17, 15) is 19.5 Å². The zero-order chi connectivity index (χ0) is 27.3. The van der Waals surface area contributed by atoms with Crippen LogP contribution >= 0.6 is 0 Å². The summed E-state index contributed by atoms with van der Waals surface area (Å²) in [6.07, 6.45) is -2.00. The van der Waals surface area contributed by atoms with E-state index in [-0.39, 0.29) is 13.0 Å². The molecule has 0 radical (unpaired) electrons. The monoisotopic (exact) mass is 520 g/mol. The number of aliphatic hydroxyl groups is 1. The van der Waals surface area contributed by atoms with Gasteiger partial charge in [0.25, 0.3) is 0 Å². The van der Waals surface area contributed by atoms with E-state index in [0.29, 0.717) is 12.4 Å². The van der Waals surface area contributed by atoms with Crippen molar-refractivity contribution in [3.63, 3.8) is 0 Å². The normalized spacial score (nSPS) is 12.9. The first-order chi connectivity index (χ1) is 18.4. The molecular formula is C29H32N2O7. The highest BCUT2D eigenvalue weighted by molar-refractivity contribution is 5.90.